The molecule has 0 N–H and O–H groups in total. The number of aliphatic imine (C=N–C) groups is 2. The van der Waals surface area contributed by atoms with Crippen molar-refractivity contribution >= 4 is 23.8 Å². The van der Waals surface area contributed by atoms with Gasteiger partial charge in [-0.1, -0.05) is 41.5 Å². The zero-order valence-electron chi connectivity index (χ0n) is 18.6. The van der Waals surface area contributed by atoms with Crippen molar-refractivity contribution in [2.24, 2.45) is 9.98 Å². The molecule has 0 fully saturated rings. The van der Waals surface area contributed by atoms with Gasteiger partial charge in [0.2, 0.25) is 0 Å². The van der Waals surface area contributed by atoms with Gasteiger partial charge in [-0.05, 0) is 75.9 Å². The summed E-state index contributed by atoms with van der Waals surface area (Å²) in [6.07, 6.45) is 3.65. The van der Waals surface area contributed by atoms with Gasteiger partial charge in [0, 0.05) is 0 Å². The standard InChI is InChI=1S/C25H27N3.2ClH.Co/c1-16-10-18(3)24(19(4)11-16)26-14-22-8-7-9-23(28-22)15-27-25-20(5)12-17(2)13-21(25)6;;;/h7-15H,1-6H3;2*1H;/q;;;+2/p-2. The predicted octanol–water partition coefficient (Wildman–Crippen LogP) is 0.439. The molecule has 0 amide bonds. The smallest absolute Gasteiger partial charge is 1.00 e. The summed E-state index contributed by atoms with van der Waals surface area (Å²) >= 11 is 0. The molecule has 0 aliphatic rings. The fourth-order valence-electron chi connectivity index (χ4n) is 3.63. The van der Waals surface area contributed by atoms with Crippen LogP contribution in [-0.2, 0) is 16.8 Å². The second-order valence-corrected chi connectivity index (χ2v) is 7.50. The van der Waals surface area contributed by atoms with Crippen molar-refractivity contribution in [1.82, 2.24) is 4.98 Å². The van der Waals surface area contributed by atoms with Crippen LogP contribution in [0.3, 0.4) is 0 Å². The quantitative estimate of drug-likeness (QED) is 0.481. The van der Waals surface area contributed by atoms with Crippen LogP contribution >= 0.6 is 0 Å². The summed E-state index contributed by atoms with van der Waals surface area (Å²) in [5, 5.41) is 0. The van der Waals surface area contributed by atoms with E-state index < -0.39 is 0 Å². The Labute approximate surface area is 208 Å². The molecular weight excluding hydrogens is 472 g/mol. The topological polar surface area (TPSA) is 37.6 Å². The van der Waals surface area contributed by atoms with E-state index in [1.807, 2.05) is 30.6 Å². The van der Waals surface area contributed by atoms with Crippen LogP contribution in [0.2, 0.25) is 0 Å². The van der Waals surface area contributed by atoms with Crippen molar-refractivity contribution in [1.29, 1.82) is 0 Å². The molecule has 3 aromatic rings. The van der Waals surface area contributed by atoms with Crippen LogP contribution in [0.4, 0.5) is 11.4 Å². The Morgan fingerprint density at radius 2 is 0.935 bits per heavy atom. The summed E-state index contributed by atoms with van der Waals surface area (Å²) in [7, 11) is 0. The zero-order chi connectivity index (χ0) is 20.3. The van der Waals surface area contributed by atoms with E-state index in [0.29, 0.717) is 0 Å². The molecule has 3 nitrogen and oxygen atoms in total. The van der Waals surface area contributed by atoms with Gasteiger partial charge in [0.05, 0.1) is 35.2 Å². The normalized spacial score (nSPS) is 10.5. The molecule has 1 heterocycles. The second kappa shape index (κ2) is 12.8. The van der Waals surface area contributed by atoms with Gasteiger partial charge in [-0.25, -0.2) is 4.98 Å². The summed E-state index contributed by atoms with van der Waals surface area (Å²) in [6.45, 7) is 12.6. The molecule has 0 aliphatic carbocycles. The maximum absolute atomic E-state index is 4.68. The molecule has 0 bridgehead atoms. The number of pyridine rings is 1. The first-order valence-electron chi connectivity index (χ1n) is 9.54. The van der Waals surface area contributed by atoms with Gasteiger partial charge in [0.25, 0.3) is 0 Å². The van der Waals surface area contributed by atoms with Crippen molar-refractivity contribution in [2.45, 2.75) is 41.5 Å². The number of aromatic nitrogens is 1. The molecule has 31 heavy (non-hydrogen) atoms. The molecule has 3 rings (SSSR count). The Balaban J connectivity index is 0.00000300. The number of benzene rings is 2. The summed E-state index contributed by atoms with van der Waals surface area (Å²) in [5.74, 6) is 0. The Morgan fingerprint density at radius 1 is 0.613 bits per heavy atom. The third-order valence-corrected chi connectivity index (χ3v) is 4.71. The van der Waals surface area contributed by atoms with Crippen LogP contribution in [0.15, 0.2) is 52.4 Å². The number of hydrogen-bond acceptors (Lipinski definition) is 3. The Bertz CT molecular complexity index is 963. The van der Waals surface area contributed by atoms with E-state index in [1.54, 1.807) is 0 Å². The van der Waals surface area contributed by atoms with Crippen LogP contribution in [0.1, 0.15) is 44.8 Å². The summed E-state index contributed by atoms with van der Waals surface area (Å²) in [5.41, 5.74) is 10.9. The summed E-state index contributed by atoms with van der Waals surface area (Å²) < 4.78 is 0. The van der Waals surface area contributed by atoms with E-state index in [2.05, 4.69) is 80.8 Å². The Hall–Kier alpha value is -1.98. The number of rotatable bonds is 4. The third-order valence-electron chi connectivity index (χ3n) is 4.71. The molecular formula is C25H27Cl2CoN3. The van der Waals surface area contributed by atoms with Crippen molar-refractivity contribution in [2.75, 3.05) is 0 Å². The SMILES string of the molecule is Cc1cc(C)c(N=Cc2cccc(C=Nc3c(C)cc(C)cc3C)n2)c(C)c1.[Cl-].[Cl-].[Co+2]. The first-order valence-corrected chi connectivity index (χ1v) is 9.54. The first-order chi connectivity index (χ1) is 13.3. The van der Waals surface area contributed by atoms with E-state index in [0.717, 1.165) is 22.8 Å². The van der Waals surface area contributed by atoms with E-state index in [9.17, 15) is 0 Å². The minimum Gasteiger partial charge on any atom is -1.00 e. The molecule has 0 saturated heterocycles. The zero-order valence-corrected chi connectivity index (χ0v) is 21.2. The number of nitrogens with zero attached hydrogens (tertiary/aromatic N) is 3. The maximum atomic E-state index is 4.68. The number of hydrogen-bond donors (Lipinski definition) is 0. The van der Waals surface area contributed by atoms with Crippen molar-refractivity contribution in [3.8, 4) is 0 Å². The van der Waals surface area contributed by atoms with Gasteiger partial charge in [0.1, 0.15) is 0 Å². The molecule has 165 valence electrons. The van der Waals surface area contributed by atoms with Crippen LogP contribution in [-0.4, -0.2) is 17.4 Å². The molecule has 0 spiro atoms. The largest absolute Gasteiger partial charge is 2.00 e. The van der Waals surface area contributed by atoms with Crippen molar-refractivity contribution in [3.63, 3.8) is 0 Å². The second-order valence-electron chi connectivity index (χ2n) is 7.50. The predicted molar refractivity (Wildman–Crippen MR) is 120 cm³/mol. The van der Waals surface area contributed by atoms with Gasteiger partial charge in [-0.2, -0.15) is 0 Å². The number of halogens is 2. The Morgan fingerprint density at radius 3 is 1.26 bits per heavy atom. The van der Waals surface area contributed by atoms with Crippen LogP contribution in [0.25, 0.3) is 0 Å². The molecule has 0 unspecified atom stereocenters. The average Bonchev–Trinajstić information content (AvgIpc) is 2.60. The first kappa shape index (κ1) is 29.0. The molecule has 6 heteroatoms. The Kier molecular flexibility index (Phi) is 12.0. The van der Waals surface area contributed by atoms with E-state index in [1.165, 1.54) is 33.4 Å². The summed E-state index contributed by atoms with van der Waals surface area (Å²) in [6, 6.07) is 14.5. The molecule has 1 aromatic heterocycles. The van der Waals surface area contributed by atoms with Gasteiger partial charge in [-0.3, -0.25) is 9.98 Å². The van der Waals surface area contributed by atoms with Gasteiger partial charge in [0.15, 0.2) is 0 Å². The van der Waals surface area contributed by atoms with E-state index in [4.69, 9.17) is 0 Å². The maximum Gasteiger partial charge on any atom is 2.00 e. The molecule has 0 aliphatic heterocycles. The van der Waals surface area contributed by atoms with Gasteiger partial charge in [-0.15, -0.1) is 0 Å². The van der Waals surface area contributed by atoms with Crippen molar-refractivity contribution in [3.05, 3.63) is 87.2 Å². The monoisotopic (exact) mass is 498 g/mol. The third kappa shape index (κ3) is 7.58. The molecule has 1 radical (unpaired) electrons. The minimum atomic E-state index is 0. The van der Waals surface area contributed by atoms with Gasteiger partial charge < -0.3 is 24.8 Å². The van der Waals surface area contributed by atoms with E-state index >= 15 is 0 Å². The molecule has 2 aromatic carbocycles. The minimum absolute atomic E-state index is 0. The fraction of sp³-hybridized carbons (Fsp3) is 0.240. The van der Waals surface area contributed by atoms with Crippen molar-refractivity contribution < 1.29 is 41.6 Å². The molecule has 0 atom stereocenters. The number of aryl methyl sites for hydroxylation is 6. The van der Waals surface area contributed by atoms with Crippen LogP contribution in [0.5, 0.6) is 0 Å². The van der Waals surface area contributed by atoms with Gasteiger partial charge >= 0.3 is 16.8 Å². The average molecular weight is 499 g/mol. The van der Waals surface area contributed by atoms with Crippen LogP contribution in [0, 0.1) is 41.5 Å². The van der Waals surface area contributed by atoms with E-state index in [-0.39, 0.29) is 41.6 Å². The summed E-state index contributed by atoms with van der Waals surface area (Å²) in [4.78, 5) is 14.0. The fourth-order valence-corrected chi connectivity index (χ4v) is 3.63. The molecule has 0 saturated carbocycles. The van der Waals surface area contributed by atoms with Crippen LogP contribution < -0.4 is 24.8 Å².